The zero-order chi connectivity index (χ0) is 25.4. The zero-order valence-corrected chi connectivity index (χ0v) is 19.1. The largest absolute Gasteiger partial charge is 0.486 e. The van der Waals surface area contributed by atoms with Gasteiger partial charge in [-0.05, 0) is 42.8 Å². The summed E-state index contributed by atoms with van der Waals surface area (Å²) in [6.07, 6.45) is -5.31. The second kappa shape index (κ2) is 9.29. The number of anilines is 2. The Morgan fingerprint density at radius 2 is 1.97 bits per heavy atom. The van der Waals surface area contributed by atoms with Gasteiger partial charge >= 0.3 is 12.3 Å². The highest BCUT2D eigenvalue weighted by Crippen LogP contribution is 2.40. The van der Waals surface area contributed by atoms with Crippen LogP contribution in [0.1, 0.15) is 24.8 Å². The number of hydrogen-bond acceptors (Lipinski definition) is 5. The molecule has 1 fully saturated rings. The Morgan fingerprint density at radius 1 is 1.20 bits per heavy atom. The molecule has 1 saturated heterocycles. The van der Waals surface area contributed by atoms with Gasteiger partial charge in [0, 0.05) is 31.6 Å². The topological polar surface area (TPSA) is 116 Å². The van der Waals surface area contributed by atoms with Crippen molar-refractivity contribution in [3.8, 4) is 5.75 Å². The molecule has 1 unspecified atom stereocenters. The van der Waals surface area contributed by atoms with Gasteiger partial charge in [0.1, 0.15) is 11.9 Å². The molecule has 1 atom stereocenters. The Kier molecular flexibility index (Phi) is 6.54. The lowest BCUT2D eigenvalue weighted by Crippen LogP contribution is -2.45. The van der Waals surface area contributed by atoms with E-state index in [2.05, 4.69) is 5.32 Å². The van der Waals surface area contributed by atoms with E-state index in [1.165, 1.54) is 18.2 Å². The van der Waals surface area contributed by atoms with Crippen molar-refractivity contribution >= 4 is 33.4 Å². The number of nitrogens with zero attached hydrogens (tertiary/aromatic N) is 2. The van der Waals surface area contributed by atoms with Gasteiger partial charge in [-0.25, -0.2) is 13.2 Å². The van der Waals surface area contributed by atoms with E-state index in [9.17, 15) is 31.2 Å². The second-order valence-electron chi connectivity index (χ2n) is 8.19. The first kappa shape index (κ1) is 24.6. The third kappa shape index (κ3) is 5.29. The van der Waals surface area contributed by atoms with Crippen LogP contribution in [0.25, 0.3) is 0 Å². The molecule has 2 N–H and O–H groups in total. The van der Waals surface area contributed by atoms with Crippen LogP contribution >= 0.6 is 0 Å². The molecule has 4 rings (SSSR count). The molecule has 0 spiro atoms. The van der Waals surface area contributed by atoms with Gasteiger partial charge in [-0.1, -0.05) is 6.07 Å². The van der Waals surface area contributed by atoms with E-state index in [1.807, 2.05) is 0 Å². The van der Waals surface area contributed by atoms with E-state index in [-0.39, 0.29) is 29.6 Å². The van der Waals surface area contributed by atoms with Gasteiger partial charge in [0.25, 0.3) is 10.0 Å². The van der Waals surface area contributed by atoms with Crippen molar-refractivity contribution in [1.29, 1.82) is 0 Å². The summed E-state index contributed by atoms with van der Waals surface area (Å²) in [5.74, 6) is 0.125. The van der Waals surface area contributed by atoms with E-state index in [1.54, 1.807) is 4.90 Å². The molecule has 0 saturated carbocycles. The first-order valence-corrected chi connectivity index (χ1v) is 12.2. The molecule has 13 heteroatoms. The van der Waals surface area contributed by atoms with Crippen LogP contribution in [0.15, 0.2) is 47.4 Å². The minimum atomic E-state index is -4.74. The van der Waals surface area contributed by atoms with Crippen LogP contribution in [-0.4, -0.2) is 56.2 Å². The molecule has 0 bridgehead atoms. The van der Waals surface area contributed by atoms with Crippen molar-refractivity contribution in [3.63, 3.8) is 0 Å². The molecular weight excluding hydrogens is 491 g/mol. The summed E-state index contributed by atoms with van der Waals surface area (Å²) in [6.45, 7) is 0.706. The minimum Gasteiger partial charge on any atom is -0.486 e. The zero-order valence-electron chi connectivity index (χ0n) is 18.3. The number of benzene rings is 2. The smallest absolute Gasteiger partial charge is 0.416 e. The van der Waals surface area contributed by atoms with Gasteiger partial charge in [0.05, 0.1) is 22.7 Å². The van der Waals surface area contributed by atoms with Gasteiger partial charge < -0.3 is 14.7 Å². The van der Waals surface area contributed by atoms with E-state index in [4.69, 9.17) is 9.84 Å². The third-order valence-electron chi connectivity index (χ3n) is 5.78. The maximum absolute atomic E-state index is 13.5. The first-order valence-electron chi connectivity index (χ1n) is 10.7. The lowest BCUT2D eigenvalue weighted by Gasteiger charge is -2.36. The summed E-state index contributed by atoms with van der Waals surface area (Å²) in [5, 5.41) is 11.1. The normalized spacial score (nSPS) is 18.3. The number of carbonyl (C=O) groups excluding carboxylic acids is 1. The van der Waals surface area contributed by atoms with Gasteiger partial charge in [0.2, 0.25) is 5.91 Å². The maximum atomic E-state index is 13.5. The van der Waals surface area contributed by atoms with Crippen molar-refractivity contribution in [2.24, 2.45) is 0 Å². The number of sulfonamides is 1. The Balaban J connectivity index is 1.69. The van der Waals surface area contributed by atoms with Crippen molar-refractivity contribution in [2.75, 3.05) is 29.3 Å². The van der Waals surface area contributed by atoms with Crippen molar-refractivity contribution < 1.29 is 41.0 Å². The molecule has 188 valence electrons. The fraction of sp³-hybridized carbons (Fsp3) is 0.364. The average molecular weight is 513 g/mol. The molecule has 2 aliphatic rings. The van der Waals surface area contributed by atoms with Crippen LogP contribution in [-0.2, 0) is 21.0 Å². The average Bonchev–Trinajstić information content (AvgIpc) is 3.21. The number of amides is 2. The standard InChI is InChI=1S/C22H22F3N3O6S/c23-22(24,25)14-3-1-4-17(11-14)35(32,33)28-13-16(8-10-27-9-2-5-20(27)29)34-19-7-6-15(12-18(19)28)26-21(30)31/h1,3-4,6-7,11-12,16,26H,2,5,8-10,13H2,(H,30,31). The summed E-state index contributed by atoms with van der Waals surface area (Å²) in [7, 11) is -4.49. The number of nitrogens with one attached hydrogen (secondary N) is 1. The number of likely N-dealkylation sites (tertiary alicyclic amines) is 1. The van der Waals surface area contributed by atoms with Crippen LogP contribution in [0.4, 0.5) is 29.3 Å². The number of carboxylic acid groups (broad SMARTS) is 1. The fourth-order valence-electron chi connectivity index (χ4n) is 4.09. The third-order valence-corrected chi connectivity index (χ3v) is 7.56. The molecular formula is C22H22F3N3O6S. The van der Waals surface area contributed by atoms with Crippen LogP contribution < -0.4 is 14.4 Å². The second-order valence-corrected chi connectivity index (χ2v) is 10.0. The van der Waals surface area contributed by atoms with Crippen LogP contribution in [0.2, 0.25) is 0 Å². The number of halogens is 3. The molecule has 2 heterocycles. The highest BCUT2D eigenvalue weighted by Gasteiger charge is 2.37. The van der Waals surface area contributed by atoms with Crippen LogP contribution in [0.5, 0.6) is 5.75 Å². The van der Waals surface area contributed by atoms with E-state index >= 15 is 0 Å². The Labute approximate surface area is 199 Å². The Bertz CT molecular complexity index is 1250. The quantitative estimate of drug-likeness (QED) is 0.608. The maximum Gasteiger partial charge on any atom is 0.416 e. The number of hydrogen-bond donors (Lipinski definition) is 2. The minimum absolute atomic E-state index is 0.000889. The molecule has 0 radical (unpaired) electrons. The van der Waals surface area contributed by atoms with Crippen molar-refractivity contribution in [1.82, 2.24) is 4.90 Å². The molecule has 2 aromatic carbocycles. The van der Waals surface area contributed by atoms with Gasteiger partial charge in [-0.15, -0.1) is 0 Å². The number of carbonyl (C=O) groups is 2. The first-order chi connectivity index (χ1) is 16.4. The molecule has 2 amide bonds. The Morgan fingerprint density at radius 3 is 2.63 bits per heavy atom. The number of fused-ring (bicyclic) bond motifs is 1. The van der Waals surface area contributed by atoms with Crippen molar-refractivity contribution in [2.45, 2.75) is 36.4 Å². The number of alkyl halides is 3. The highest BCUT2D eigenvalue weighted by atomic mass is 32.2. The predicted molar refractivity (Wildman–Crippen MR) is 119 cm³/mol. The monoisotopic (exact) mass is 513 g/mol. The number of rotatable bonds is 6. The summed E-state index contributed by atoms with van der Waals surface area (Å²) >= 11 is 0. The van der Waals surface area contributed by atoms with E-state index in [0.717, 1.165) is 28.9 Å². The lowest BCUT2D eigenvalue weighted by molar-refractivity contribution is -0.137. The van der Waals surface area contributed by atoms with Crippen LogP contribution in [0, 0.1) is 0 Å². The summed E-state index contributed by atoms with van der Waals surface area (Å²) in [6, 6.07) is 7.43. The Hall–Kier alpha value is -3.48. The highest BCUT2D eigenvalue weighted by molar-refractivity contribution is 7.92. The summed E-state index contributed by atoms with van der Waals surface area (Å²) < 4.78 is 73.6. The predicted octanol–water partition coefficient (Wildman–Crippen LogP) is 3.76. The molecule has 35 heavy (non-hydrogen) atoms. The van der Waals surface area contributed by atoms with E-state index < -0.39 is 38.9 Å². The summed E-state index contributed by atoms with van der Waals surface area (Å²) in [5.41, 5.74) is -1.06. The van der Waals surface area contributed by atoms with Gasteiger partial charge in [0.15, 0.2) is 0 Å². The SMILES string of the molecule is O=C(O)Nc1ccc2c(c1)N(S(=O)(=O)c1cccc(C(F)(F)F)c1)CC(CCN1CCCC1=O)O2. The molecule has 2 aliphatic heterocycles. The van der Waals surface area contributed by atoms with Crippen molar-refractivity contribution in [3.05, 3.63) is 48.0 Å². The van der Waals surface area contributed by atoms with Crippen LogP contribution in [0.3, 0.4) is 0 Å². The summed E-state index contributed by atoms with van der Waals surface area (Å²) in [4.78, 5) is 24.1. The molecule has 0 aromatic heterocycles. The molecule has 0 aliphatic carbocycles. The van der Waals surface area contributed by atoms with Gasteiger partial charge in [-0.2, -0.15) is 13.2 Å². The lowest BCUT2D eigenvalue weighted by atomic mass is 10.1. The fourth-order valence-corrected chi connectivity index (χ4v) is 5.64. The van der Waals surface area contributed by atoms with E-state index in [0.29, 0.717) is 32.0 Å². The molecule has 9 nitrogen and oxygen atoms in total. The van der Waals surface area contributed by atoms with Gasteiger partial charge in [-0.3, -0.25) is 14.4 Å². The molecule has 2 aromatic rings. The number of ether oxygens (including phenoxy) is 1.